The van der Waals surface area contributed by atoms with Crippen molar-refractivity contribution in [2.24, 2.45) is 20.0 Å². The lowest BCUT2D eigenvalue weighted by atomic mass is 10.0. The molecule has 176 valence electrons. The Morgan fingerprint density at radius 2 is 2.03 bits per heavy atom. The normalized spacial score (nSPS) is 18.2. The zero-order valence-electron chi connectivity index (χ0n) is 19.4. The highest BCUT2D eigenvalue weighted by Gasteiger charge is 2.31. The van der Waals surface area contributed by atoms with E-state index in [1.807, 2.05) is 54.1 Å². The summed E-state index contributed by atoms with van der Waals surface area (Å²) in [6, 6.07) is 8.35. The number of fused-ring (bicyclic) bond motifs is 1. The minimum Gasteiger partial charge on any atom is -0.488 e. The van der Waals surface area contributed by atoms with Crippen LogP contribution in [-0.4, -0.2) is 59.2 Å². The van der Waals surface area contributed by atoms with Gasteiger partial charge in [0.25, 0.3) is 0 Å². The molecule has 1 amide bonds. The summed E-state index contributed by atoms with van der Waals surface area (Å²) in [6.07, 6.45) is 8.69. The number of amides is 1. The predicted molar refractivity (Wildman–Crippen MR) is 126 cm³/mol. The third kappa shape index (κ3) is 4.05. The van der Waals surface area contributed by atoms with Gasteiger partial charge in [0.1, 0.15) is 12.3 Å². The van der Waals surface area contributed by atoms with E-state index < -0.39 is 0 Å². The molecule has 2 fully saturated rings. The van der Waals surface area contributed by atoms with E-state index >= 15 is 0 Å². The maximum absolute atomic E-state index is 12.1. The second-order valence-corrected chi connectivity index (χ2v) is 9.26. The minimum atomic E-state index is 0.0547. The third-order valence-electron chi connectivity index (χ3n) is 6.67. The molecule has 0 aromatic carbocycles. The molecule has 4 aromatic rings. The number of rotatable bonds is 8. The maximum Gasteiger partial charge on any atom is 0.228 e. The van der Waals surface area contributed by atoms with E-state index in [0.29, 0.717) is 18.5 Å². The van der Waals surface area contributed by atoms with E-state index in [9.17, 15) is 4.79 Å². The Morgan fingerprint density at radius 1 is 1.15 bits per heavy atom. The lowest BCUT2D eigenvalue weighted by Gasteiger charge is -2.40. The van der Waals surface area contributed by atoms with E-state index in [0.717, 1.165) is 60.6 Å². The number of nitrogens with zero attached hydrogens (tertiary/aromatic N) is 7. The van der Waals surface area contributed by atoms with E-state index in [4.69, 9.17) is 4.74 Å². The molecule has 1 saturated carbocycles. The van der Waals surface area contributed by atoms with Crippen molar-refractivity contribution in [3.05, 3.63) is 48.5 Å². The summed E-state index contributed by atoms with van der Waals surface area (Å²) in [6.45, 7) is 2.51. The number of aromatic nitrogens is 6. The molecule has 1 N–H and O–H groups in total. The molecule has 0 unspecified atom stereocenters. The Hall–Kier alpha value is -3.66. The van der Waals surface area contributed by atoms with Crippen molar-refractivity contribution < 1.29 is 9.53 Å². The van der Waals surface area contributed by atoms with Crippen LogP contribution in [0.1, 0.15) is 25.0 Å². The second-order valence-electron chi connectivity index (χ2n) is 9.26. The molecule has 1 atom stereocenters. The van der Waals surface area contributed by atoms with Gasteiger partial charge in [0.15, 0.2) is 11.6 Å². The second kappa shape index (κ2) is 8.28. The van der Waals surface area contributed by atoms with Gasteiger partial charge in [0.2, 0.25) is 5.91 Å². The highest BCUT2D eigenvalue weighted by atomic mass is 16.5. The molecular weight excluding hydrogens is 432 g/mol. The lowest BCUT2D eigenvalue weighted by molar-refractivity contribution is -0.117. The van der Waals surface area contributed by atoms with Crippen LogP contribution in [0.25, 0.3) is 16.8 Å². The molecule has 34 heavy (non-hydrogen) atoms. The van der Waals surface area contributed by atoms with Gasteiger partial charge in [-0.25, -0.2) is 4.52 Å². The Labute approximate surface area is 197 Å². The van der Waals surface area contributed by atoms with Crippen LogP contribution < -0.4 is 10.1 Å². The van der Waals surface area contributed by atoms with Gasteiger partial charge in [-0.15, -0.1) is 0 Å². The fourth-order valence-corrected chi connectivity index (χ4v) is 4.46. The molecule has 1 aliphatic carbocycles. The van der Waals surface area contributed by atoms with Crippen molar-refractivity contribution in [1.29, 1.82) is 0 Å². The van der Waals surface area contributed by atoms with Crippen LogP contribution in [0.4, 0.5) is 5.82 Å². The van der Waals surface area contributed by atoms with E-state index in [1.165, 1.54) is 0 Å². The molecule has 10 heteroatoms. The molecule has 4 aromatic heterocycles. The summed E-state index contributed by atoms with van der Waals surface area (Å²) in [7, 11) is 3.86. The first-order chi connectivity index (χ1) is 16.5. The Kier molecular flexibility index (Phi) is 5.09. The van der Waals surface area contributed by atoms with E-state index in [2.05, 4.69) is 31.6 Å². The number of nitrogens with one attached hydrogen (secondary N) is 1. The van der Waals surface area contributed by atoms with Gasteiger partial charge in [0, 0.05) is 63.2 Å². The van der Waals surface area contributed by atoms with Crippen molar-refractivity contribution >= 4 is 17.2 Å². The first kappa shape index (κ1) is 20.9. The molecule has 1 aliphatic heterocycles. The standard InChI is InChI=1S/C24H28N8O2/c1-29-8-6-18(27-29)14-31-9-7-19(31)15-34-21-13-25-30(2)23(21)17-5-10-32-20(11-17)12-22(28-32)26-24(33)16-3-4-16/h5-6,8,10-13,16,19H,3-4,7,9,14-15H2,1-2H3,(H,26,28,33)/t19-/m1/s1. The van der Waals surface area contributed by atoms with Crippen LogP contribution in [-0.2, 0) is 25.4 Å². The predicted octanol–water partition coefficient (Wildman–Crippen LogP) is 2.47. The van der Waals surface area contributed by atoms with Gasteiger partial charge in [0.05, 0.1) is 17.4 Å². The fourth-order valence-electron chi connectivity index (χ4n) is 4.46. The quantitative estimate of drug-likeness (QED) is 0.434. The number of pyridine rings is 1. The molecule has 2 aliphatic rings. The van der Waals surface area contributed by atoms with Crippen LogP contribution in [0.2, 0.25) is 0 Å². The highest BCUT2D eigenvalue weighted by molar-refractivity contribution is 5.93. The molecule has 6 rings (SSSR count). The van der Waals surface area contributed by atoms with Gasteiger partial charge in [-0.05, 0) is 37.5 Å². The van der Waals surface area contributed by atoms with E-state index in [1.54, 1.807) is 10.7 Å². The first-order valence-electron chi connectivity index (χ1n) is 11.7. The molecule has 0 radical (unpaired) electrons. The molecule has 0 bridgehead atoms. The number of hydrogen-bond donors (Lipinski definition) is 1. The molecule has 5 heterocycles. The first-order valence-corrected chi connectivity index (χ1v) is 11.7. The molecule has 1 saturated heterocycles. The Balaban J connectivity index is 1.16. The summed E-state index contributed by atoms with van der Waals surface area (Å²) in [5, 5.41) is 16.3. The Morgan fingerprint density at radius 3 is 2.76 bits per heavy atom. The zero-order chi connectivity index (χ0) is 23.2. The smallest absolute Gasteiger partial charge is 0.228 e. The van der Waals surface area contributed by atoms with Crippen LogP contribution >= 0.6 is 0 Å². The summed E-state index contributed by atoms with van der Waals surface area (Å²) in [5.74, 6) is 1.54. The largest absolute Gasteiger partial charge is 0.488 e. The number of anilines is 1. The van der Waals surface area contributed by atoms with Crippen molar-refractivity contribution in [3.63, 3.8) is 0 Å². The van der Waals surface area contributed by atoms with Gasteiger partial charge in [-0.3, -0.25) is 19.1 Å². The zero-order valence-corrected chi connectivity index (χ0v) is 19.4. The fraction of sp³-hybridized carbons (Fsp3) is 0.417. The third-order valence-corrected chi connectivity index (χ3v) is 6.67. The highest BCUT2D eigenvalue weighted by Crippen LogP contribution is 2.32. The lowest BCUT2D eigenvalue weighted by Crippen LogP contribution is -2.50. The van der Waals surface area contributed by atoms with Gasteiger partial charge >= 0.3 is 0 Å². The number of carbonyl (C=O) groups excluding carboxylic acids is 1. The van der Waals surface area contributed by atoms with Crippen LogP contribution in [0.15, 0.2) is 42.9 Å². The van der Waals surface area contributed by atoms with Crippen LogP contribution in [0.3, 0.4) is 0 Å². The molecule has 0 spiro atoms. The van der Waals surface area contributed by atoms with Crippen molar-refractivity contribution in [2.45, 2.75) is 31.8 Å². The molecule has 10 nitrogen and oxygen atoms in total. The summed E-state index contributed by atoms with van der Waals surface area (Å²) >= 11 is 0. The van der Waals surface area contributed by atoms with Crippen molar-refractivity contribution in [2.75, 3.05) is 18.5 Å². The summed E-state index contributed by atoms with van der Waals surface area (Å²) < 4.78 is 11.7. The van der Waals surface area contributed by atoms with Crippen LogP contribution in [0, 0.1) is 5.92 Å². The SMILES string of the molecule is Cn1ccc(CN2CC[C@@H]2COc2cnn(C)c2-c2ccn3nc(NC(=O)C4CC4)cc3c2)n1. The number of carbonyl (C=O) groups is 1. The molecular formula is C24H28N8O2. The Bertz CT molecular complexity index is 1350. The number of hydrogen-bond acceptors (Lipinski definition) is 6. The average Bonchev–Trinajstić information content (AvgIpc) is 3.31. The summed E-state index contributed by atoms with van der Waals surface area (Å²) in [5.41, 5.74) is 3.89. The van der Waals surface area contributed by atoms with Gasteiger partial charge < -0.3 is 10.1 Å². The topological polar surface area (TPSA) is 94.5 Å². The van der Waals surface area contributed by atoms with Crippen molar-refractivity contribution in [3.8, 4) is 17.0 Å². The number of ether oxygens (including phenoxy) is 1. The average molecular weight is 461 g/mol. The number of likely N-dealkylation sites (tertiary alicyclic amines) is 1. The monoisotopic (exact) mass is 460 g/mol. The van der Waals surface area contributed by atoms with Crippen molar-refractivity contribution in [1.82, 2.24) is 34.1 Å². The van der Waals surface area contributed by atoms with E-state index in [-0.39, 0.29) is 11.8 Å². The number of aryl methyl sites for hydroxylation is 2. The van der Waals surface area contributed by atoms with Gasteiger partial charge in [-0.1, -0.05) is 0 Å². The van der Waals surface area contributed by atoms with Crippen LogP contribution in [0.5, 0.6) is 5.75 Å². The maximum atomic E-state index is 12.1. The minimum absolute atomic E-state index is 0.0547. The summed E-state index contributed by atoms with van der Waals surface area (Å²) in [4.78, 5) is 14.5. The van der Waals surface area contributed by atoms with Gasteiger partial charge in [-0.2, -0.15) is 15.3 Å².